The lowest BCUT2D eigenvalue weighted by Crippen LogP contribution is -2.51. The largest absolute Gasteiger partial charge is 0.305 e. The minimum Gasteiger partial charge on any atom is -0.305 e. The highest BCUT2D eigenvalue weighted by molar-refractivity contribution is 6.07. The lowest BCUT2D eigenvalue weighted by atomic mass is 9.78. The number of rotatable bonds is 5. The molecule has 2 fully saturated rings. The van der Waals surface area contributed by atoms with Gasteiger partial charge in [0.25, 0.3) is 5.91 Å². The van der Waals surface area contributed by atoms with Crippen molar-refractivity contribution in [2.45, 2.75) is 63.5 Å². The molecular formula is C31H36N2O. The van der Waals surface area contributed by atoms with Crippen LogP contribution >= 0.6 is 0 Å². The van der Waals surface area contributed by atoms with E-state index >= 15 is 0 Å². The molecule has 5 rings (SSSR count). The minimum atomic E-state index is 0.127. The molecule has 2 atom stereocenters. The second-order valence-electron chi connectivity index (χ2n) is 9.96. The smallest absolute Gasteiger partial charge is 0.258 e. The number of carbonyl (C=O) groups is 1. The Labute approximate surface area is 204 Å². The molecule has 1 aliphatic heterocycles. The van der Waals surface area contributed by atoms with Gasteiger partial charge in [0.2, 0.25) is 0 Å². The monoisotopic (exact) mass is 452 g/mol. The van der Waals surface area contributed by atoms with Crippen molar-refractivity contribution in [3.8, 4) is 0 Å². The van der Waals surface area contributed by atoms with Crippen LogP contribution in [-0.2, 0) is 0 Å². The summed E-state index contributed by atoms with van der Waals surface area (Å²) in [6.45, 7) is 4.15. The van der Waals surface area contributed by atoms with Crippen molar-refractivity contribution in [1.29, 1.82) is 0 Å². The van der Waals surface area contributed by atoms with Crippen molar-refractivity contribution in [1.82, 2.24) is 4.90 Å². The van der Waals surface area contributed by atoms with E-state index in [0.717, 1.165) is 42.7 Å². The van der Waals surface area contributed by atoms with Gasteiger partial charge in [0.1, 0.15) is 0 Å². The highest BCUT2D eigenvalue weighted by Crippen LogP contribution is 2.38. The maximum absolute atomic E-state index is 13.8. The van der Waals surface area contributed by atoms with Crippen LogP contribution in [0.1, 0.15) is 65.9 Å². The van der Waals surface area contributed by atoms with Crippen LogP contribution < -0.4 is 4.90 Å². The molecule has 3 aromatic rings. The number of para-hydroxylation sites is 1. The molecule has 176 valence electrons. The van der Waals surface area contributed by atoms with E-state index in [0.29, 0.717) is 12.0 Å². The van der Waals surface area contributed by atoms with Gasteiger partial charge < -0.3 is 4.90 Å². The number of aryl methyl sites for hydroxylation is 1. The number of carbonyl (C=O) groups excluding carboxylic acids is 1. The molecule has 0 bridgehead atoms. The molecule has 0 aromatic heterocycles. The van der Waals surface area contributed by atoms with Crippen LogP contribution in [0, 0.1) is 6.92 Å². The fourth-order valence-electron chi connectivity index (χ4n) is 6.14. The van der Waals surface area contributed by atoms with E-state index in [1.54, 1.807) is 0 Å². The number of amides is 1. The Morgan fingerprint density at radius 3 is 2.09 bits per heavy atom. The topological polar surface area (TPSA) is 23.6 Å². The Hall–Kier alpha value is -2.91. The summed E-state index contributed by atoms with van der Waals surface area (Å²) >= 11 is 0. The normalized spacial score (nSPS) is 21.8. The molecule has 1 saturated carbocycles. The summed E-state index contributed by atoms with van der Waals surface area (Å²) in [5, 5.41) is 0. The van der Waals surface area contributed by atoms with Crippen molar-refractivity contribution in [3.63, 3.8) is 0 Å². The minimum absolute atomic E-state index is 0.127. The molecule has 34 heavy (non-hydrogen) atoms. The van der Waals surface area contributed by atoms with Crippen LogP contribution in [0.25, 0.3) is 0 Å². The Balaban J connectivity index is 1.35. The van der Waals surface area contributed by atoms with Crippen molar-refractivity contribution < 1.29 is 4.79 Å². The lowest BCUT2D eigenvalue weighted by molar-refractivity contribution is 0.0894. The van der Waals surface area contributed by atoms with Gasteiger partial charge in [-0.1, -0.05) is 79.6 Å². The van der Waals surface area contributed by atoms with Crippen LogP contribution in [0.5, 0.6) is 0 Å². The molecule has 3 nitrogen and oxygen atoms in total. The maximum Gasteiger partial charge on any atom is 0.258 e. The number of hydrogen-bond donors (Lipinski definition) is 0. The molecule has 0 radical (unpaired) electrons. The first-order valence-corrected chi connectivity index (χ1v) is 13.0. The van der Waals surface area contributed by atoms with E-state index in [4.69, 9.17) is 0 Å². The first-order chi connectivity index (χ1) is 16.7. The number of nitrogens with zero attached hydrogens (tertiary/aromatic N) is 2. The van der Waals surface area contributed by atoms with Crippen LogP contribution in [0.2, 0.25) is 0 Å². The van der Waals surface area contributed by atoms with Crippen molar-refractivity contribution >= 4 is 11.6 Å². The van der Waals surface area contributed by atoms with Gasteiger partial charge in [-0.05, 0) is 67.9 Å². The molecule has 1 saturated heterocycles. The average Bonchev–Trinajstić information content (AvgIpc) is 2.91. The highest BCUT2D eigenvalue weighted by Gasteiger charge is 2.36. The Morgan fingerprint density at radius 1 is 0.765 bits per heavy atom. The van der Waals surface area contributed by atoms with Gasteiger partial charge in [-0.15, -0.1) is 0 Å². The summed E-state index contributed by atoms with van der Waals surface area (Å²) in [7, 11) is 0. The summed E-state index contributed by atoms with van der Waals surface area (Å²) in [6, 6.07) is 30.2. The summed E-state index contributed by atoms with van der Waals surface area (Å²) in [4.78, 5) is 18.6. The molecule has 3 aromatic carbocycles. The second kappa shape index (κ2) is 10.6. The van der Waals surface area contributed by atoms with Crippen LogP contribution in [0.15, 0.2) is 84.9 Å². The van der Waals surface area contributed by atoms with Gasteiger partial charge in [0, 0.05) is 36.4 Å². The number of hydrogen-bond acceptors (Lipinski definition) is 2. The third kappa shape index (κ3) is 4.81. The number of piperidine rings is 1. The first-order valence-electron chi connectivity index (χ1n) is 13.0. The zero-order valence-corrected chi connectivity index (χ0v) is 20.3. The maximum atomic E-state index is 13.8. The molecule has 0 N–H and O–H groups in total. The summed E-state index contributed by atoms with van der Waals surface area (Å²) in [5.41, 5.74) is 4.35. The van der Waals surface area contributed by atoms with E-state index in [1.807, 2.05) is 49.4 Å². The quantitative estimate of drug-likeness (QED) is 0.423. The van der Waals surface area contributed by atoms with E-state index in [1.165, 1.54) is 31.2 Å². The van der Waals surface area contributed by atoms with E-state index in [9.17, 15) is 4.79 Å². The number of anilines is 1. The van der Waals surface area contributed by atoms with Crippen molar-refractivity contribution in [2.24, 2.45) is 0 Å². The molecular weight excluding hydrogens is 416 g/mol. The van der Waals surface area contributed by atoms with Crippen LogP contribution in [-0.4, -0.2) is 36.0 Å². The first kappa shape index (κ1) is 22.9. The predicted octanol–water partition coefficient (Wildman–Crippen LogP) is 6.83. The van der Waals surface area contributed by atoms with Gasteiger partial charge in [-0.25, -0.2) is 0 Å². The van der Waals surface area contributed by atoms with Gasteiger partial charge in [0.05, 0.1) is 0 Å². The van der Waals surface area contributed by atoms with Gasteiger partial charge in [-0.2, -0.15) is 0 Å². The Morgan fingerprint density at radius 2 is 1.38 bits per heavy atom. The summed E-state index contributed by atoms with van der Waals surface area (Å²) in [6.07, 6.45) is 7.27. The third-order valence-corrected chi connectivity index (χ3v) is 7.92. The fraction of sp³-hybridized carbons (Fsp3) is 0.387. The molecule has 2 aliphatic rings. The van der Waals surface area contributed by atoms with Crippen molar-refractivity contribution in [3.05, 3.63) is 102 Å². The molecule has 1 heterocycles. The van der Waals surface area contributed by atoms with Gasteiger partial charge in [-0.3, -0.25) is 9.69 Å². The zero-order valence-electron chi connectivity index (χ0n) is 20.3. The molecule has 1 aliphatic carbocycles. The fourth-order valence-corrected chi connectivity index (χ4v) is 6.14. The van der Waals surface area contributed by atoms with Crippen molar-refractivity contribution in [2.75, 3.05) is 18.0 Å². The van der Waals surface area contributed by atoms with Gasteiger partial charge >= 0.3 is 0 Å². The van der Waals surface area contributed by atoms with Crippen LogP contribution in [0.3, 0.4) is 0 Å². The van der Waals surface area contributed by atoms with Gasteiger partial charge in [0.15, 0.2) is 0 Å². The SMILES string of the molecule is Cc1ccccc1C(=O)N(c1ccccc1)C1CCN([C@@H]2CCCC[C@@H]2c2ccccc2)CC1. The van der Waals surface area contributed by atoms with E-state index in [2.05, 4.69) is 52.3 Å². The standard InChI is InChI=1S/C31H36N2O/c1-24-12-8-9-17-28(24)31(34)33(26-15-6-3-7-16-26)27-20-22-32(23-21-27)30-19-11-10-18-29(30)25-13-4-2-5-14-25/h2-9,12-17,27,29-30H,10-11,18-23H2,1H3/t29-,30-/m1/s1. The molecule has 0 spiro atoms. The van der Waals surface area contributed by atoms with Crippen LogP contribution in [0.4, 0.5) is 5.69 Å². The second-order valence-corrected chi connectivity index (χ2v) is 9.96. The Kier molecular flexibility index (Phi) is 7.10. The lowest BCUT2D eigenvalue weighted by Gasteiger charge is -2.45. The summed E-state index contributed by atoms with van der Waals surface area (Å²) in [5.74, 6) is 0.757. The number of benzene rings is 3. The third-order valence-electron chi connectivity index (χ3n) is 7.92. The van der Waals surface area contributed by atoms with E-state index < -0.39 is 0 Å². The summed E-state index contributed by atoms with van der Waals surface area (Å²) < 4.78 is 0. The van der Waals surface area contributed by atoms with E-state index in [-0.39, 0.29) is 11.9 Å². The predicted molar refractivity (Wildman–Crippen MR) is 140 cm³/mol. The highest BCUT2D eigenvalue weighted by atomic mass is 16.2. The zero-order chi connectivity index (χ0) is 23.3. The Bertz CT molecular complexity index is 1070. The molecule has 0 unspecified atom stereocenters. The molecule has 3 heteroatoms. The average molecular weight is 453 g/mol. The molecule has 1 amide bonds. The number of likely N-dealkylation sites (tertiary alicyclic amines) is 1.